The molecule has 0 aliphatic carbocycles. The van der Waals surface area contributed by atoms with Crippen LogP contribution in [0.15, 0.2) is 36.7 Å². The fraction of sp³-hybridized carbons (Fsp3) is 0.154. The molecule has 5 nitrogen and oxygen atoms in total. The van der Waals surface area contributed by atoms with Crippen LogP contribution in [0.4, 0.5) is 5.69 Å². The number of para-hydroxylation sites is 2. The second-order valence-electron chi connectivity index (χ2n) is 4.22. The van der Waals surface area contributed by atoms with Crippen molar-refractivity contribution in [2.24, 2.45) is 0 Å². The molecular formula is C13H10N4OS. The number of rotatable bonds is 1. The van der Waals surface area contributed by atoms with Crippen LogP contribution in [0.3, 0.4) is 0 Å². The van der Waals surface area contributed by atoms with Gasteiger partial charge in [0.15, 0.2) is 16.6 Å². The molecule has 4 rings (SSSR count). The number of benzene rings is 1. The first-order valence-corrected chi connectivity index (χ1v) is 6.79. The van der Waals surface area contributed by atoms with Crippen molar-refractivity contribution in [3.63, 3.8) is 0 Å². The van der Waals surface area contributed by atoms with Gasteiger partial charge in [0.05, 0.1) is 12.2 Å². The fourth-order valence-corrected chi connectivity index (χ4v) is 2.98. The van der Waals surface area contributed by atoms with E-state index in [2.05, 4.69) is 20.3 Å². The van der Waals surface area contributed by atoms with Crippen LogP contribution in [-0.2, 0) is 0 Å². The number of hydrogen-bond donors (Lipinski definition) is 1. The predicted molar refractivity (Wildman–Crippen MR) is 73.5 cm³/mol. The van der Waals surface area contributed by atoms with E-state index in [1.807, 2.05) is 24.3 Å². The highest BCUT2D eigenvalue weighted by atomic mass is 32.1. The molecule has 1 unspecified atom stereocenters. The molecule has 94 valence electrons. The third kappa shape index (κ3) is 1.80. The lowest BCUT2D eigenvalue weighted by atomic mass is 10.2. The summed E-state index contributed by atoms with van der Waals surface area (Å²) in [5, 5.41) is 4.26. The number of nitrogens with one attached hydrogen (secondary N) is 1. The Balaban J connectivity index is 1.70. The van der Waals surface area contributed by atoms with E-state index in [9.17, 15) is 0 Å². The van der Waals surface area contributed by atoms with Crippen molar-refractivity contribution < 1.29 is 4.74 Å². The Labute approximate surface area is 113 Å². The van der Waals surface area contributed by atoms with E-state index in [4.69, 9.17) is 4.74 Å². The average Bonchev–Trinajstić information content (AvgIpc) is 2.90. The van der Waals surface area contributed by atoms with Crippen LogP contribution in [0.2, 0.25) is 0 Å². The molecule has 3 aromatic rings. The lowest BCUT2D eigenvalue weighted by molar-refractivity contribution is 0.210. The smallest absolute Gasteiger partial charge is 0.189 e. The quantitative estimate of drug-likeness (QED) is 0.736. The van der Waals surface area contributed by atoms with Crippen LogP contribution in [-0.4, -0.2) is 21.5 Å². The maximum atomic E-state index is 5.98. The fourth-order valence-electron chi connectivity index (χ4n) is 2.08. The first-order chi connectivity index (χ1) is 9.40. The van der Waals surface area contributed by atoms with Crippen LogP contribution < -0.4 is 10.1 Å². The minimum absolute atomic E-state index is 0.0871. The van der Waals surface area contributed by atoms with Crippen LogP contribution in [0.1, 0.15) is 11.1 Å². The molecule has 0 saturated carbocycles. The van der Waals surface area contributed by atoms with Gasteiger partial charge in [0.2, 0.25) is 0 Å². The Bertz CT molecular complexity index is 709. The zero-order valence-corrected chi connectivity index (χ0v) is 10.7. The SMILES string of the molecule is c1ccc2c(c1)NCC(c1nc3nccnc3s1)O2. The van der Waals surface area contributed by atoms with Crippen molar-refractivity contribution in [2.45, 2.75) is 6.10 Å². The summed E-state index contributed by atoms with van der Waals surface area (Å²) in [6.45, 7) is 0.705. The van der Waals surface area contributed by atoms with Gasteiger partial charge in [0, 0.05) is 12.4 Å². The number of nitrogens with zero attached hydrogens (tertiary/aromatic N) is 3. The van der Waals surface area contributed by atoms with Crippen molar-refractivity contribution in [3.8, 4) is 5.75 Å². The Morgan fingerprint density at radius 1 is 1.21 bits per heavy atom. The van der Waals surface area contributed by atoms with E-state index < -0.39 is 0 Å². The highest BCUT2D eigenvalue weighted by molar-refractivity contribution is 7.18. The van der Waals surface area contributed by atoms with Gasteiger partial charge in [-0.05, 0) is 12.1 Å². The van der Waals surface area contributed by atoms with Crippen LogP contribution in [0, 0.1) is 0 Å². The van der Waals surface area contributed by atoms with Gasteiger partial charge in [-0.25, -0.2) is 15.0 Å². The minimum atomic E-state index is -0.0871. The molecule has 6 heteroatoms. The zero-order valence-electron chi connectivity index (χ0n) is 9.91. The second kappa shape index (κ2) is 4.17. The molecule has 1 aromatic carbocycles. The lowest BCUT2D eigenvalue weighted by Gasteiger charge is -2.25. The standard InChI is InChI=1S/C13H10N4OS/c1-2-4-9-8(3-1)16-7-10(18-9)12-17-11-13(19-12)15-6-5-14-11/h1-6,10,16H,7H2. The van der Waals surface area contributed by atoms with Crippen molar-refractivity contribution in [1.82, 2.24) is 15.0 Å². The number of ether oxygens (including phenoxy) is 1. The summed E-state index contributed by atoms with van der Waals surface area (Å²) in [6.07, 6.45) is 3.25. The molecule has 19 heavy (non-hydrogen) atoms. The van der Waals surface area contributed by atoms with Crippen LogP contribution in [0.25, 0.3) is 10.5 Å². The monoisotopic (exact) mass is 270 g/mol. The normalized spacial score (nSPS) is 17.6. The molecule has 0 spiro atoms. The zero-order chi connectivity index (χ0) is 12.7. The molecule has 0 bridgehead atoms. The first kappa shape index (κ1) is 10.7. The average molecular weight is 270 g/mol. The molecule has 2 aromatic heterocycles. The van der Waals surface area contributed by atoms with E-state index in [0.29, 0.717) is 12.2 Å². The van der Waals surface area contributed by atoms with Crippen LogP contribution >= 0.6 is 11.3 Å². The Morgan fingerprint density at radius 2 is 2.11 bits per heavy atom. The second-order valence-corrected chi connectivity index (χ2v) is 5.23. The number of aromatic nitrogens is 3. The number of thiazole rings is 1. The molecular weight excluding hydrogens is 260 g/mol. The van der Waals surface area contributed by atoms with Gasteiger partial charge < -0.3 is 10.1 Å². The number of anilines is 1. The third-order valence-corrected chi connectivity index (χ3v) is 4.02. The molecule has 0 fully saturated rings. The van der Waals surface area contributed by atoms with Gasteiger partial charge in [-0.1, -0.05) is 23.5 Å². The van der Waals surface area contributed by atoms with Gasteiger partial charge in [-0.3, -0.25) is 0 Å². The summed E-state index contributed by atoms with van der Waals surface area (Å²) in [7, 11) is 0. The number of hydrogen-bond acceptors (Lipinski definition) is 6. The Kier molecular flexibility index (Phi) is 2.34. The molecule has 0 amide bonds. The molecule has 1 aliphatic heterocycles. The van der Waals surface area contributed by atoms with Crippen molar-refractivity contribution in [1.29, 1.82) is 0 Å². The van der Waals surface area contributed by atoms with E-state index in [-0.39, 0.29) is 6.10 Å². The summed E-state index contributed by atoms with van der Waals surface area (Å²) in [5.74, 6) is 0.860. The maximum Gasteiger partial charge on any atom is 0.189 e. The van der Waals surface area contributed by atoms with Crippen LogP contribution in [0.5, 0.6) is 5.75 Å². The van der Waals surface area contributed by atoms with Crippen molar-refractivity contribution >= 4 is 27.5 Å². The molecule has 1 atom stereocenters. The topological polar surface area (TPSA) is 59.9 Å². The molecule has 3 heterocycles. The van der Waals surface area contributed by atoms with Gasteiger partial charge >= 0.3 is 0 Å². The summed E-state index contributed by atoms with van der Waals surface area (Å²) in [4.78, 5) is 13.8. The van der Waals surface area contributed by atoms with E-state index >= 15 is 0 Å². The van der Waals surface area contributed by atoms with E-state index in [1.54, 1.807) is 12.4 Å². The van der Waals surface area contributed by atoms with E-state index in [0.717, 1.165) is 21.3 Å². The van der Waals surface area contributed by atoms with Gasteiger partial charge in [-0.2, -0.15) is 0 Å². The Hall–Kier alpha value is -2.21. The minimum Gasteiger partial charge on any atom is -0.479 e. The summed E-state index contributed by atoms with van der Waals surface area (Å²) in [6, 6.07) is 7.91. The predicted octanol–water partition coefficient (Wildman–Crippen LogP) is 2.63. The first-order valence-electron chi connectivity index (χ1n) is 5.97. The lowest BCUT2D eigenvalue weighted by Crippen LogP contribution is -2.23. The Morgan fingerprint density at radius 3 is 3.05 bits per heavy atom. The molecule has 0 radical (unpaired) electrons. The molecule has 0 saturated heterocycles. The summed E-state index contributed by atoms with van der Waals surface area (Å²) in [5.41, 5.74) is 1.71. The maximum absolute atomic E-state index is 5.98. The highest BCUT2D eigenvalue weighted by Gasteiger charge is 2.24. The third-order valence-electron chi connectivity index (χ3n) is 2.97. The number of fused-ring (bicyclic) bond motifs is 2. The largest absolute Gasteiger partial charge is 0.479 e. The summed E-state index contributed by atoms with van der Waals surface area (Å²) >= 11 is 1.53. The highest BCUT2D eigenvalue weighted by Crippen LogP contribution is 2.35. The van der Waals surface area contributed by atoms with E-state index in [1.165, 1.54) is 11.3 Å². The van der Waals surface area contributed by atoms with Crippen molar-refractivity contribution in [2.75, 3.05) is 11.9 Å². The van der Waals surface area contributed by atoms with Gasteiger partial charge in [0.1, 0.15) is 10.8 Å². The molecule has 1 N–H and O–H groups in total. The summed E-state index contributed by atoms with van der Waals surface area (Å²) < 4.78 is 5.98. The van der Waals surface area contributed by atoms with Crippen molar-refractivity contribution in [3.05, 3.63) is 41.7 Å². The van der Waals surface area contributed by atoms with Gasteiger partial charge in [0.25, 0.3) is 0 Å². The molecule has 1 aliphatic rings. The van der Waals surface area contributed by atoms with Gasteiger partial charge in [-0.15, -0.1) is 0 Å².